The van der Waals surface area contributed by atoms with Gasteiger partial charge in [-0.2, -0.15) is 0 Å². The first kappa shape index (κ1) is 14.7. The minimum absolute atomic E-state index is 0.244. The molecule has 1 aromatic carbocycles. The number of hydrogen-bond donors (Lipinski definition) is 2. The van der Waals surface area contributed by atoms with Crippen molar-refractivity contribution in [2.45, 2.75) is 12.8 Å². The number of carbonyl (C=O) groups is 1. The van der Waals surface area contributed by atoms with Gasteiger partial charge in [0.05, 0.1) is 16.9 Å². The van der Waals surface area contributed by atoms with E-state index in [0.29, 0.717) is 5.69 Å². The minimum atomic E-state index is -0.937. The summed E-state index contributed by atoms with van der Waals surface area (Å²) in [6, 6.07) is 4.99. The van der Waals surface area contributed by atoms with Gasteiger partial charge in [0.2, 0.25) is 0 Å². The van der Waals surface area contributed by atoms with E-state index >= 15 is 0 Å². The van der Waals surface area contributed by atoms with Crippen molar-refractivity contribution in [1.29, 1.82) is 0 Å². The number of aromatic carboxylic acids is 1. The molecule has 1 saturated heterocycles. The predicted molar refractivity (Wildman–Crippen MR) is 81.3 cm³/mol. The van der Waals surface area contributed by atoms with Crippen molar-refractivity contribution in [2.75, 3.05) is 44.4 Å². The van der Waals surface area contributed by atoms with E-state index in [0.717, 1.165) is 44.1 Å². The molecule has 3 N–H and O–H groups in total. The quantitative estimate of drug-likeness (QED) is 0.820. The van der Waals surface area contributed by atoms with Gasteiger partial charge in [-0.3, -0.25) is 0 Å². The van der Waals surface area contributed by atoms with Crippen molar-refractivity contribution in [1.82, 2.24) is 4.90 Å². The van der Waals surface area contributed by atoms with E-state index in [4.69, 9.17) is 10.8 Å². The Morgan fingerprint density at radius 3 is 2.55 bits per heavy atom. The van der Waals surface area contributed by atoms with Crippen LogP contribution < -0.4 is 10.6 Å². The molecule has 1 aromatic rings. The molecule has 0 spiro atoms. The lowest BCUT2D eigenvalue weighted by Gasteiger charge is -2.35. The van der Waals surface area contributed by atoms with Gasteiger partial charge in [-0.1, -0.05) is 0 Å². The van der Waals surface area contributed by atoms with Crippen LogP contribution in [0.3, 0.4) is 0 Å². The molecular weight excluding hydrogens is 254 g/mol. The van der Waals surface area contributed by atoms with Gasteiger partial charge in [-0.15, -0.1) is 0 Å². The summed E-state index contributed by atoms with van der Waals surface area (Å²) in [6.45, 7) is 3.09. The molecular formula is C15H23N3O2. The van der Waals surface area contributed by atoms with Gasteiger partial charge in [-0.05, 0) is 51.1 Å². The SMILES string of the molecule is CN(C)CC1CCN(c2ccc(C(=O)O)cc2N)CC1. The Bertz CT molecular complexity index is 480. The molecule has 0 aliphatic carbocycles. The Morgan fingerprint density at radius 1 is 1.40 bits per heavy atom. The molecule has 0 amide bonds. The topological polar surface area (TPSA) is 69.8 Å². The molecule has 5 nitrogen and oxygen atoms in total. The molecule has 2 rings (SSSR count). The number of nitrogens with zero attached hydrogens (tertiary/aromatic N) is 2. The molecule has 0 bridgehead atoms. The first-order valence-corrected chi connectivity index (χ1v) is 7.00. The summed E-state index contributed by atoms with van der Waals surface area (Å²) in [5, 5.41) is 8.96. The highest BCUT2D eigenvalue weighted by Gasteiger charge is 2.21. The normalized spacial score (nSPS) is 16.6. The maximum absolute atomic E-state index is 10.9. The van der Waals surface area contributed by atoms with E-state index in [1.165, 1.54) is 0 Å². The summed E-state index contributed by atoms with van der Waals surface area (Å²) in [6.07, 6.45) is 2.30. The van der Waals surface area contributed by atoms with Crippen molar-refractivity contribution < 1.29 is 9.90 Å². The van der Waals surface area contributed by atoms with Gasteiger partial charge in [0.15, 0.2) is 0 Å². The van der Waals surface area contributed by atoms with Gasteiger partial charge in [0.1, 0.15) is 0 Å². The number of hydrogen-bond acceptors (Lipinski definition) is 4. The van der Waals surface area contributed by atoms with E-state index < -0.39 is 5.97 Å². The fourth-order valence-electron chi connectivity index (χ4n) is 2.85. The highest BCUT2D eigenvalue weighted by Crippen LogP contribution is 2.29. The number of piperidine rings is 1. The van der Waals surface area contributed by atoms with E-state index in [2.05, 4.69) is 23.9 Å². The second-order valence-electron chi connectivity index (χ2n) is 5.77. The number of rotatable bonds is 4. The Balaban J connectivity index is 2.02. The van der Waals surface area contributed by atoms with Gasteiger partial charge in [-0.25, -0.2) is 4.79 Å². The third-order valence-electron chi connectivity index (χ3n) is 3.85. The lowest BCUT2D eigenvalue weighted by atomic mass is 9.95. The van der Waals surface area contributed by atoms with Crippen molar-refractivity contribution >= 4 is 17.3 Å². The maximum Gasteiger partial charge on any atom is 0.335 e. The highest BCUT2D eigenvalue weighted by atomic mass is 16.4. The molecule has 20 heavy (non-hydrogen) atoms. The van der Waals surface area contributed by atoms with Crippen molar-refractivity contribution in [3.05, 3.63) is 23.8 Å². The number of anilines is 2. The van der Waals surface area contributed by atoms with Crippen molar-refractivity contribution in [2.24, 2.45) is 5.92 Å². The fourth-order valence-corrected chi connectivity index (χ4v) is 2.85. The third kappa shape index (κ3) is 3.42. The first-order valence-electron chi connectivity index (χ1n) is 7.00. The molecule has 0 radical (unpaired) electrons. The minimum Gasteiger partial charge on any atom is -0.478 e. The number of nitrogens with two attached hydrogens (primary N) is 1. The monoisotopic (exact) mass is 277 g/mol. The van der Waals surface area contributed by atoms with E-state index in [9.17, 15) is 4.79 Å². The predicted octanol–water partition coefficient (Wildman–Crippen LogP) is 1.74. The van der Waals surface area contributed by atoms with Gasteiger partial charge >= 0.3 is 5.97 Å². The summed E-state index contributed by atoms with van der Waals surface area (Å²) in [7, 11) is 4.21. The standard InChI is InChI=1S/C15H23N3O2/c1-17(2)10-11-5-7-18(8-6-11)14-4-3-12(15(19)20)9-13(14)16/h3-4,9,11H,5-8,10,16H2,1-2H3,(H,19,20). The molecule has 0 aromatic heterocycles. The van der Waals surface area contributed by atoms with Crippen LogP contribution >= 0.6 is 0 Å². The third-order valence-corrected chi connectivity index (χ3v) is 3.85. The Labute approximate surface area is 120 Å². The van der Waals surface area contributed by atoms with Crippen LogP contribution in [0.5, 0.6) is 0 Å². The van der Waals surface area contributed by atoms with Gasteiger partial charge in [0.25, 0.3) is 0 Å². The van der Waals surface area contributed by atoms with Crippen LogP contribution in [0.15, 0.2) is 18.2 Å². The summed E-state index contributed by atoms with van der Waals surface area (Å²) < 4.78 is 0. The summed E-state index contributed by atoms with van der Waals surface area (Å²) in [5.74, 6) is -0.200. The molecule has 0 unspecified atom stereocenters. The molecule has 1 aliphatic rings. The van der Waals surface area contributed by atoms with Crippen LogP contribution in [-0.4, -0.2) is 49.7 Å². The number of carboxylic acids is 1. The molecule has 0 atom stereocenters. The molecule has 1 heterocycles. The van der Waals surface area contributed by atoms with E-state index in [-0.39, 0.29) is 5.56 Å². The van der Waals surface area contributed by atoms with Crippen LogP contribution in [0, 0.1) is 5.92 Å². The largest absolute Gasteiger partial charge is 0.478 e. The molecule has 110 valence electrons. The van der Waals surface area contributed by atoms with Crippen LogP contribution in [0.4, 0.5) is 11.4 Å². The molecule has 1 fully saturated rings. The average molecular weight is 277 g/mol. The zero-order valence-corrected chi connectivity index (χ0v) is 12.2. The number of nitrogen functional groups attached to an aromatic ring is 1. The lowest BCUT2D eigenvalue weighted by Crippen LogP contribution is -2.37. The van der Waals surface area contributed by atoms with Crippen molar-refractivity contribution in [3.8, 4) is 0 Å². The first-order chi connectivity index (χ1) is 9.47. The number of benzene rings is 1. The lowest BCUT2D eigenvalue weighted by molar-refractivity contribution is 0.0697. The van der Waals surface area contributed by atoms with Crippen LogP contribution in [0.25, 0.3) is 0 Å². The molecule has 1 aliphatic heterocycles. The Kier molecular flexibility index (Phi) is 4.49. The van der Waals surface area contributed by atoms with E-state index in [1.54, 1.807) is 12.1 Å². The summed E-state index contributed by atoms with van der Waals surface area (Å²) in [5.41, 5.74) is 7.74. The number of carboxylic acid groups (broad SMARTS) is 1. The smallest absolute Gasteiger partial charge is 0.335 e. The van der Waals surface area contributed by atoms with E-state index in [1.807, 2.05) is 6.07 Å². The van der Waals surface area contributed by atoms with Crippen LogP contribution in [-0.2, 0) is 0 Å². The second kappa shape index (κ2) is 6.13. The average Bonchev–Trinajstić information content (AvgIpc) is 2.39. The fraction of sp³-hybridized carbons (Fsp3) is 0.533. The zero-order chi connectivity index (χ0) is 14.7. The second-order valence-corrected chi connectivity index (χ2v) is 5.77. The van der Waals surface area contributed by atoms with Crippen molar-refractivity contribution in [3.63, 3.8) is 0 Å². The van der Waals surface area contributed by atoms with Crippen LogP contribution in [0.1, 0.15) is 23.2 Å². The molecule has 5 heteroatoms. The van der Waals surface area contributed by atoms with Crippen LogP contribution in [0.2, 0.25) is 0 Å². The Hall–Kier alpha value is -1.75. The Morgan fingerprint density at radius 2 is 2.05 bits per heavy atom. The van der Waals surface area contributed by atoms with Gasteiger partial charge < -0.3 is 20.6 Å². The highest BCUT2D eigenvalue weighted by molar-refractivity contribution is 5.90. The molecule has 0 saturated carbocycles. The van der Waals surface area contributed by atoms with Gasteiger partial charge in [0, 0.05) is 19.6 Å². The maximum atomic E-state index is 10.9. The summed E-state index contributed by atoms with van der Waals surface area (Å²) in [4.78, 5) is 15.4. The zero-order valence-electron chi connectivity index (χ0n) is 12.2. The summed E-state index contributed by atoms with van der Waals surface area (Å²) >= 11 is 0.